The maximum absolute atomic E-state index is 12.5. The van der Waals surface area contributed by atoms with Gasteiger partial charge in [-0.2, -0.15) is 0 Å². The van der Waals surface area contributed by atoms with Crippen LogP contribution in [0.15, 0.2) is 66.0 Å². The Morgan fingerprint density at radius 3 is 2.62 bits per heavy atom. The van der Waals surface area contributed by atoms with Gasteiger partial charge in [-0.15, -0.1) is 0 Å². The molecule has 0 radical (unpaired) electrons. The first-order valence-corrected chi connectivity index (χ1v) is 7.71. The number of imidazole rings is 1. The highest BCUT2D eigenvalue weighted by Crippen LogP contribution is 2.14. The molecular weight excluding hydrogens is 302 g/mol. The van der Waals surface area contributed by atoms with Crippen LogP contribution in [0.3, 0.4) is 0 Å². The van der Waals surface area contributed by atoms with Crippen LogP contribution in [-0.2, 0) is 13.0 Å². The molecular formula is C18H15N5O. The number of H-pyrrole nitrogens is 1. The molecule has 0 fully saturated rings. The third kappa shape index (κ3) is 2.69. The summed E-state index contributed by atoms with van der Waals surface area (Å²) in [6.07, 6.45) is 5.83. The van der Waals surface area contributed by atoms with Gasteiger partial charge in [0, 0.05) is 24.5 Å². The quantitative estimate of drug-likeness (QED) is 0.627. The van der Waals surface area contributed by atoms with Gasteiger partial charge in [-0.25, -0.2) is 9.97 Å². The molecule has 118 valence electrons. The Balaban J connectivity index is 1.68. The van der Waals surface area contributed by atoms with Crippen LogP contribution in [0.1, 0.15) is 5.56 Å². The van der Waals surface area contributed by atoms with Crippen molar-refractivity contribution in [3.63, 3.8) is 0 Å². The lowest BCUT2D eigenvalue weighted by atomic mass is 10.1. The van der Waals surface area contributed by atoms with Gasteiger partial charge < -0.3 is 9.55 Å². The van der Waals surface area contributed by atoms with Crippen LogP contribution in [0.25, 0.3) is 22.6 Å². The molecule has 0 amide bonds. The van der Waals surface area contributed by atoms with E-state index in [0.717, 1.165) is 12.0 Å². The minimum absolute atomic E-state index is 0.183. The average molecular weight is 317 g/mol. The normalized spacial score (nSPS) is 11.0. The largest absolute Gasteiger partial charge is 0.324 e. The summed E-state index contributed by atoms with van der Waals surface area (Å²) in [4.78, 5) is 28.1. The van der Waals surface area contributed by atoms with Crippen molar-refractivity contribution >= 4 is 11.2 Å². The van der Waals surface area contributed by atoms with Crippen molar-refractivity contribution in [1.82, 2.24) is 24.5 Å². The van der Waals surface area contributed by atoms with Gasteiger partial charge in [0.1, 0.15) is 5.82 Å². The molecule has 0 aliphatic heterocycles. The Morgan fingerprint density at radius 1 is 1.04 bits per heavy atom. The Bertz CT molecular complexity index is 1020. The first-order chi connectivity index (χ1) is 11.8. The smallest absolute Gasteiger partial charge is 0.277 e. The fourth-order valence-electron chi connectivity index (χ4n) is 2.70. The van der Waals surface area contributed by atoms with E-state index in [0.29, 0.717) is 23.5 Å². The van der Waals surface area contributed by atoms with Gasteiger partial charge in [-0.05, 0) is 24.1 Å². The molecule has 3 heterocycles. The number of nitrogens with zero attached hydrogens (tertiary/aromatic N) is 4. The monoisotopic (exact) mass is 317 g/mol. The van der Waals surface area contributed by atoms with Crippen molar-refractivity contribution in [3.8, 4) is 11.4 Å². The summed E-state index contributed by atoms with van der Waals surface area (Å²) in [5.41, 5.74) is 2.81. The van der Waals surface area contributed by atoms with E-state index < -0.39 is 0 Å². The van der Waals surface area contributed by atoms with E-state index in [-0.39, 0.29) is 5.56 Å². The van der Waals surface area contributed by atoms with E-state index in [1.807, 2.05) is 22.8 Å². The van der Waals surface area contributed by atoms with E-state index in [4.69, 9.17) is 0 Å². The van der Waals surface area contributed by atoms with Crippen LogP contribution in [0.4, 0.5) is 0 Å². The molecule has 0 aliphatic rings. The van der Waals surface area contributed by atoms with Gasteiger partial charge in [-0.1, -0.05) is 30.3 Å². The number of pyridine rings is 1. The van der Waals surface area contributed by atoms with Crippen LogP contribution in [0, 0.1) is 0 Å². The highest BCUT2D eigenvalue weighted by atomic mass is 16.1. The van der Waals surface area contributed by atoms with Crippen molar-refractivity contribution in [1.29, 1.82) is 0 Å². The maximum Gasteiger partial charge on any atom is 0.277 e. The van der Waals surface area contributed by atoms with E-state index in [9.17, 15) is 4.79 Å². The second kappa shape index (κ2) is 6.08. The standard InChI is InChI=1S/C18H15N5O/c24-18-15-17(21-16(22-18)14-6-9-19-10-7-14)20-12-23(15)11-8-13-4-2-1-3-5-13/h1-7,9-10,12H,8,11H2,(H,21,22,24). The molecule has 0 aliphatic carbocycles. The summed E-state index contributed by atoms with van der Waals surface area (Å²) in [7, 11) is 0. The van der Waals surface area contributed by atoms with Crippen LogP contribution < -0.4 is 5.56 Å². The summed E-state index contributed by atoms with van der Waals surface area (Å²) in [6, 6.07) is 13.8. The van der Waals surface area contributed by atoms with E-state index in [2.05, 4.69) is 32.1 Å². The molecule has 24 heavy (non-hydrogen) atoms. The van der Waals surface area contributed by atoms with Crippen molar-refractivity contribution in [3.05, 3.63) is 77.1 Å². The average Bonchev–Trinajstić information content (AvgIpc) is 3.05. The molecule has 1 N–H and O–H groups in total. The number of rotatable bonds is 4. The van der Waals surface area contributed by atoms with E-state index in [1.165, 1.54) is 5.56 Å². The first-order valence-electron chi connectivity index (χ1n) is 7.71. The van der Waals surface area contributed by atoms with Crippen molar-refractivity contribution in [2.24, 2.45) is 0 Å². The van der Waals surface area contributed by atoms with Crippen molar-refractivity contribution in [2.75, 3.05) is 0 Å². The molecule has 0 saturated heterocycles. The number of nitrogens with one attached hydrogen (secondary N) is 1. The maximum atomic E-state index is 12.5. The molecule has 0 atom stereocenters. The third-order valence-electron chi connectivity index (χ3n) is 3.92. The summed E-state index contributed by atoms with van der Waals surface area (Å²) >= 11 is 0. The van der Waals surface area contributed by atoms with Crippen LogP contribution in [0.5, 0.6) is 0 Å². The third-order valence-corrected chi connectivity index (χ3v) is 3.92. The molecule has 1 aromatic carbocycles. The van der Waals surface area contributed by atoms with E-state index in [1.54, 1.807) is 30.9 Å². The number of fused-ring (bicyclic) bond motifs is 1. The predicted octanol–water partition coefficient (Wildman–Crippen LogP) is 2.42. The number of aromatic nitrogens is 5. The molecule has 6 nitrogen and oxygen atoms in total. The van der Waals surface area contributed by atoms with Gasteiger partial charge in [0.15, 0.2) is 11.2 Å². The Kier molecular flexibility index (Phi) is 3.63. The summed E-state index contributed by atoms with van der Waals surface area (Å²) in [5, 5.41) is 0. The minimum atomic E-state index is -0.183. The number of aromatic amines is 1. The van der Waals surface area contributed by atoms with Crippen molar-refractivity contribution < 1.29 is 0 Å². The summed E-state index contributed by atoms with van der Waals surface area (Å²) < 4.78 is 1.85. The zero-order chi connectivity index (χ0) is 16.4. The highest BCUT2D eigenvalue weighted by molar-refractivity contribution is 5.72. The van der Waals surface area contributed by atoms with Gasteiger partial charge >= 0.3 is 0 Å². The Hall–Kier alpha value is -3.28. The minimum Gasteiger partial charge on any atom is -0.324 e. The van der Waals surface area contributed by atoms with Gasteiger partial charge in [0.05, 0.1) is 6.33 Å². The molecule has 0 spiro atoms. The second-order valence-electron chi connectivity index (χ2n) is 5.50. The number of hydrogen-bond acceptors (Lipinski definition) is 4. The number of aryl methyl sites for hydroxylation is 2. The zero-order valence-electron chi connectivity index (χ0n) is 12.9. The van der Waals surface area contributed by atoms with Crippen LogP contribution in [0.2, 0.25) is 0 Å². The van der Waals surface area contributed by atoms with Gasteiger partial charge in [0.25, 0.3) is 5.56 Å². The van der Waals surface area contributed by atoms with Gasteiger partial charge in [0.2, 0.25) is 0 Å². The highest BCUT2D eigenvalue weighted by Gasteiger charge is 2.11. The molecule has 0 saturated carbocycles. The molecule has 0 bridgehead atoms. The van der Waals surface area contributed by atoms with Crippen LogP contribution in [-0.4, -0.2) is 24.5 Å². The fraction of sp³-hybridized carbons (Fsp3) is 0.111. The lowest BCUT2D eigenvalue weighted by Gasteiger charge is -2.05. The molecule has 4 rings (SSSR count). The van der Waals surface area contributed by atoms with Gasteiger partial charge in [-0.3, -0.25) is 9.78 Å². The topological polar surface area (TPSA) is 76.5 Å². The summed E-state index contributed by atoms with van der Waals surface area (Å²) in [5.74, 6) is 0.503. The zero-order valence-corrected chi connectivity index (χ0v) is 12.9. The second-order valence-corrected chi connectivity index (χ2v) is 5.50. The molecule has 6 heteroatoms. The lowest BCUT2D eigenvalue weighted by molar-refractivity contribution is 0.713. The van der Waals surface area contributed by atoms with E-state index >= 15 is 0 Å². The Morgan fingerprint density at radius 2 is 1.83 bits per heavy atom. The van der Waals surface area contributed by atoms with Crippen LogP contribution >= 0.6 is 0 Å². The fourth-order valence-corrected chi connectivity index (χ4v) is 2.70. The molecule has 4 aromatic rings. The van der Waals surface area contributed by atoms with Crippen molar-refractivity contribution in [2.45, 2.75) is 13.0 Å². The predicted molar refractivity (Wildman–Crippen MR) is 91.5 cm³/mol. The molecule has 0 unspecified atom stereocenters. The SMILES string of the molecule is O=c1[nH]c(-c2ccncc2)nc2ncn(CCc3ccccc3)c12. The first kappa shape index (κ1) is 14.3. The molecule has 3 aromatic heterocycles. The number of hydrogen-bond donors (Lipinski definition) is 1. The Labute approximate surface area is 137 Å². The lowest BCUT2D eigenvalue weighted by Crippen LogP contribution is -2.14. The summed E-state index contributed by atoms with van der Waals surface area (Å²) in [6.45, 7) is 0.680. The number of benzene rings is 1.